The van der Waals surface area contributed by atoms with Crippen molar-refractivity contribution >= 4 is 11.8 Å². The largest absolute Gasteiger partial charge is 0.480 e. The highest BCUT2D eigenvalue weighted by atomic mass is 19.1. The normalized spacial score (nSPS) is 18.3. The summed E-state index contributed by atoms with van der Waals surface area (Å²) >= 11 is 0. The van der Waals surface area contributed by atoms with Crippen molar-refractivity contribution in [2.24, 2.45) is 0 Å². The van der Waals surface area contributed by atoms with Gasteiger partial charge in [0.25, 0.3) is 5.91 Å². The molecule has 2 heterocycles. The first-order valence-corrected chi connectivity index (χ1v) is 9.43. The Morgan fingerprint density at radius 1 is 1.36 bits per heavy atom. The van der Waals surface area contributed by atoms with Crippen molar-refractivity contribution in [3.05, 3.63) is 58.5 Å². The third kappa shape index (κ3) is 3.69. The lowest BCUT2D eigenvalue weighted by molar-refractivity contribution is -0.128. The minimum absolute atomic E-state index is 0.0615. The van der Waals surface area contributed by atoms with Gasteiger partial charge in [-0.2, -0.15) is 0 Å². The summed E-state index contributed by atoms with van der Waals surface area (Å²) in [6.45, 7) is 0.717. The molecule has 4 rings (SSSR count). The van der Waals surface area contributed by atoms with Crippen molar-refractivity contribution < 1.29 is 18.7 Å². The third-order valence-corrected chi connectivity index (χ3v) is 5.27. The van der Waals surface area contributed by atoms with Crippen LogP contribution in [0.3, 0.4) is 0 Å². The smallest absolute Gasteiger partial charge is 0.257 e. The molecule has 2 aromatic rings. The second-order valence-electron chi connectivity index (χ2n) is 7.28. The molecule has 1 aliphatic heterocycles. The second-order valence-corrected chi connectivity index (χ2v) is 7.28. The Morgan fingerprint density at radius 2 is 2.21 bits per heavy atom. The number of aryl methyl sites for hydroxylation is 2. The highest BCUT2D eigenvalue weighted by molar-refractivity contribution is 5.97. The van der Waals surface area contributed by atoms with Crippen molar-refractivity contribution in [3.8, 4) is 5.88 Å². The van der Waals surface area contributed by atoms with Crippen molar-refractivity contribution in [2.45, 2.75) is 38.3 Å². The van der Waals surface area contributed by atoms with Crippen LogP contribution in [0.5, 0.6) is 5.88 Å². The topological polar surface area (TPSA) is 71.5 Å². The molecular weight excluding hydrogens is 361 g/mol. The molecule has 0 bridgehead atoms. The molecule has 2 amide bonds. The van der Waals surface area contributed by atoms with Gasteiger partial charge in [0.2, 0.25) is 11.8 Å². The first-order chi connectivity index (χ1) is 13.5. The van der Waals surface area contributed by atoms with Gasteiger partial charge in [0.05, 0.1) is 13.2 Å². The molecule has 1 fully saturated rings. The fourth-order valence-electron chi connectivity index (χ4n) is 3.91. The second kappa shape index (κ2) is 7.58. The van der Waals surface area contributed by atoms with Gasteiger partial charge in [0.1, 0.15) is 11.4 Å². The summed E-state index contributed by atoms with van der Waals surface area (Å²) in [4.78, 5) is 31.2. The zero-order valence-electron chi connectivity index (χ0n) is 15.7. The number of pyridine rings is 1. The number of aromatic nitrogens is 1. The van der Waals surface area contributed by atoms with Gasteiger partial charge in [-0.15, -0.1) is 0 Å². The number of fused-ring (bicyclic) bond motifs is 1. The fraction of sp³-hybridized carbons (Fsp3) is 0.381. The van der Waals surface area contributed by atoms with E-state index in [9.17, 15) is 14.0 Å². The number of carbonyl (C=O) groups excluding carboxylic acids is 2. The molecule has 1 saturated heterocycles. The predicted molar refractivity (Wildman–Crippen MR) is 101 cm³/mol. The molecule has 1 aliphatic carbocycles. The Labute approximate surface area is 162 Å². The molecular formula is C21H22FN3O3. The number of hydrogen-bond donors (Lipinski definition) is 1. The highest BCUT2D eigenvalue weighted by Gasteiger charge is 2.32. The van der Waals surface area contributed by atoms with Crippen LogP contribution in [-0.4, -0.2) is 41.4 Å². The number of nitrogens with one attached hydrogen (secondary N) is 1. The standard InChI is InChI=1S/C21H22FN3O3/c1-28-21-17(9-14-5-3-7-18(14)24-21)20(27)23-16-10-19(26)25(12-16)11-13-4-2-6-15(22)8-13/h2,4,6,8-9,16H,3,5,7,10-12H2,1H3,(H,23,27)/t16-/m1/s1. The molecule has 2 aliphatic rings. The van der Waals surface area contributed by atoms with Crippen LogP contribution in [0.1, 0.15) is 40.0 Å². The molecule has 1 aromatic heterocycles. The average molecular weight is 383 g/mol. The average Bonchev–Trinajstić information content (AvgIpc) is 3.26. The van der Waals surface area contributed by atoms with E-state index >= 15 is 0 Å². The van der Waals surface area contributed by atoms with Gasteiger partial charge < -0.3 is 15.0 Å². The Kier molecular flexibility index (Phi) is 4.98. The van der Waals surface area contributed by atoms with Gasteiger partial charge in [-0.25, -0.2) is 9.37 Å². The van der Waals surface area contributed by atoms with Crippen LogP contribution >= 0.6 is 0 Å². The van der Waals surface area contributed by atoms with Crippen LogP contribution in [0.4, 0.5) is 4.39 Å². The minimum Gasteiger partial charge on any atom is -0.480 e. The van der Waals surface area contributed by atoms with Crippen LogP contribution < -0.4 is 10.1 Å². The molecule has 7 heteroatoms. The Bertz CT molecular complexity index is 931. The van der Waals surface area contributed by atoms with Crippen LogP contribution in [0, 0.1) is 5.82 Å². The summed E-state index contributed by atoms with van der Waals surface area (Å²) in [6.07, 6.45) is 3.07. The molecule has 1 N–H and O–H groups in total. The summed E-state index contributed by atoms with van der Waals surface area (Å²) in [7, 11) is 1.50. The molecule has 6 nitrogen and oxygen atoms in total. The van der Waals surface area contributed by atoms with Gasteiger partial charge in [0.15, 0.2) is 0 Å². The van der Waals surface area contributed by atoms with E-state index in [0.717, 1.165) is 36.1 Å². The van der Waals surface area contributed by atoms with Crippen LogP contribution in [0.25, 0.3) is 0 Å². The molecule has 0 saturated carbocycles. The van der Waals surface area contributed by atoms with Gasteiger partial charge in [0, 0.05) is 25.2 Å². The minimum atomic E-state index is -0.329. The van der Waals surface area contributed by atoms with Crippen molar-refractivity contribution in [3.63, 3.8) is 0 Å². The number of methoxy groups -OCH3 is 1. The van der Waals surface area contributed by atoms with Crippen LogP contribution in [-0.2, 0) is 24.2 Å². The Balaban J connectivity index is 1.44. The molecule has 1 atom stereocenters. The summed E-state index contributed by atoms with van der Waals surface area (Å²) in [5.74, 6) is -0.359. The van der Waals surface area contributed by atoms with E-state index in [-0.39, 0.29) is 30.1 Å². The van der Waals surface area contributed by atoms with Crippen molar-refractivity contribution in [1.82, 2.24) is 15.2 Å². The number of rotatable bonds is 5. The summed E-state index contributed by atoms with van der Waals surface area (Å²) in [5, 5.41) is 2.92. The number of carbonyl (C=O) groups is 2. The Morgan fingerprint density at radius 3 is 3.00 bits per heavy atom. The third-order valence-electron chi connectivity index (χ3n) is 5.27. The molecule has 28 heavy (non-hydrogen) atoms. The summed E-state index contributed by atoms with van der Waals surface area (Å²) in [5.41, 5.74) is 3.20. The number of nitrogens with zero attached hydrogens (tertiary/aromatic N) is 2. The highest BCUT2D eigenvalue weighted by Crippen LogP contribution is 2.27. The fourth-order valence-corrected chi connectivity index (χ4v) is 3.91. The van der Waals surface area contributed by atoms with Crippen molar-refractivity contribution in [2.75, 3.05) is 13.7 Å². The lowest BCUT2D eigenvalue weighted by atomic mass is 10.1. The van der Waals surface area contributed by atoms with E-state index in [1.165, 1.54) is 19.2 Å². The number of hydrogen-bond acceptors (Lipinski definition) is 4. The number of benzene rings is 1. The summed E-state index contributed by atoms with van der Waals surface area (Å²) in [6, 6.07) is 7.74. The first-order valence-electron chi connectivity index (χ1n) is 9.43. The van der Waals surface area contributed by atoms with Gasteiger partial charge >= 0.3 is 0 Å². The predicted octanol–water partition coefficient (Wildman–Crippen LogP) is 2.25. The molecule has 1 aromatic carbocycles. The van der Waals surface area contributed by atoms with E-state index in [2.05, 4.69) is 10.3 Å². The number of ether oxygens (including phenoxy) is 1. The maximum absolute atomic E-state index is 13.4. The lowest BCUT2D eigenvalue weighted by Crippen LogP contribution is -2.37. The number of amides is 2. The molecule has 0 radical (unpaired) electrons. The first kappa shape index (κ1) is 18.4. The lowest BCUT2D eigenvalue weighted by Gasteiger charge is -2.18. The van der Waals surface area contributed by atoms with Crippen molar-refractivity contribution in [1.29, 1.82) is 0 Å². The van der Waals surface area contributed by atoms with E-state index in [1.807, 2.05) is 6.07 Å². The van der Waals surface area contributed by atoms with E-state index in [0.29, 0.717) is 24.5 Å². The maximum Gasteiger partial charge on any atom is 0.257 e. The number of likely N-dealkylation sites (tertiary alicyclic amines) is 1. The van der Waals surface area contributed by atoms with E-state index in [1.54, 1.807) is 17.0 Å². The van der Waals surface area contributed by atoms with Crippen LogP contribution in [0.2, 0.25) is 0 Å². The monoisotopic (exact) mass is 383 g/mol. The Hall–Kier alpha value is -2.96. The zero-order chi connectivity index (χ0) is 19.7. The van der Waals surface area contributed by atoms with Gasteiger partial charge in [-0.1, -0.05) is 12.1 Å². The summed E-state index contributed by atoms with van der Waals surface area (Å²) < 4.78 is 18.7. The quantitative estimate of drug-likeness (QED) is 0.860. The molecule has 0 spiro atoms. The zero-order valence-corrected chi connectivity index (χ0v) is 15.7. The SMILES string of the molecule is COc1nc2c(cc1C(=O)N[C@@H]1CC(=O)N(Cc3cccc(F)c3)C1)CCC2. The van der Waals surface area contributed by atoms with E-state index < -0.39 is 0 Å². The molecule has 0 unspecified atom stereocenters. The molecule has 146 valence electrons. The maximum atomic E-state index is 13.4. The van der Waals surface area contributed by atoms with Gasteiger partial charge in [-0.05, 0) is 48.6 Å². The van der Waals surface area contributed by atoms with Crippen LogP contribution in [0.15, 0.2) is 30.3 Å². The van der Waals surface area contributed by atoms with E-state index in [4.69, 9.17) is 4.74 Å². The van der Waals surface area contributed by atoms with Gasteiger partial charge in [-0.3, -0.25) is 9.59 Å². The number of halogens is 1.